The Hall–Kier alpha value is -0.790. The van der Waals surface area contributed by atoms with Crippen LogP contribution in [0.2, 0.25) is 0 Å². The second-order valence-corrected chi connectivity index (χ2v) is 4.39. The van der Waals surface area contributed by atoms with Crippen LogP contribution >= 0.6 is 12.2 Å². The third-order valence-electron chi connectivity index (χ3n) is 1.83. The van der Waals surface area contributed by atoms with Crippen molar-refractivity contribution in [2.24, 2.45) is 5.84 Å². The van der Waals surface area contributed by atoms with Gasteiger partial charge >= 0.3 is 0 Å². The minimum atomic E-state index is -1.81. The molecule has 0 aromatic heterocycles. The number of carbonyl (C=O) groups excluding carboxylic acids is 1. The Labute approximate surface area is 87.0 Å². The summed E-state index contributed by atoms with van der Waals surface area (Å²) in [7, 11) is 0. The predicted octanol–water partition coefficient (Wildman–Crippen LogP) is -0.112. The molecule has 1 heterocycles. The fraction of sp³-hybridized carbons (Fsp3) is 0.714. The minimum Gasteiger partial charge on any atom is -0.290 e. The monoisotopic (exact) mass is 220 g/mol. The largest absolute Gasteiger partial charge is 0.294 e. The van der Waals surface area contributed by atoms with E-state index in [1.54, 1.807) is 20.8 Å². The van der Waals surface area contributed by atoms with E-state index in [1.807, 2.05) is 0 Å². The van der Waals surface area contributed by atoms with Gasteiger partial charge in [-0.05, 0) is 33.0 Å². The summed E-state index contributed by atoms with van der Waals surface area (Å²) in [6.45, 7) is 5.28. The van der Waals surface area contributed by atoms with E-state index in [-0.39, 0.29) is 5.11 Å². The molecule has 5 nitrogen and oxygen atoms in total. The van der Waals surface area contributed by atoms with Gasteiger partial charge in [0.2, 0.25) is 5.11 Å². The molecule has 0 aromatic carbocycles. The molecule has 7 heteroatoms. The molecule has 1 atom stereocenters. The number of nitrogens with two attached hydrogens (primary N) is 1. The normalized spacial score (nSPS) is 25.2. The van der Waals surface area contributed by atoms with Crippen LogP contribution in [0.3, 0.4) is 0 Å². The Bertz CT molecular complexity index is 277. The molecule has 0 radical (unpaired) electrons. The van der Waals surface area contributed by atoms with Crippen molar-refractivity contribution in [3.63, 3.8) is 0 Å². The molecule has 1 unspecified atom stereocenters. The van der Waals surface area contributed by atoms with Gasteiger partial charge in [-0.15, -0.1) is 0 Å². The summed E-state index contributed by atoms with van der Waals surface area (Å²) >= 11 is 4.76. The zero-order valence-electron chi connectivity index (χ0n) is 8.24. The van der Waals surface area contributed by atoms with Crippen LogP contribution in [0, 0.1) is 0 Å². The Kier molecular flexibility index (Phi) is 2.75. The zero-order valence-corrected chi connectivity index (χ0v) is 9.06. The lowest BCUT2D eigenvalue weighted by Gasteiger charge is -2.42. The molecule has 0 bridgehead atoms. The van der Waals surface area contributed by atoms with Crippen LogP contribution in [0.4, 0.5) is 4.39 Å². The molecule has 1 saturated heterocycles. The van der Waals surface area contributed by atoms with Gasteiger partial charge in [0.1, 0.15) is 0 Å². The summed E-state index contributed by atoms with van der Waals surface area (Å²) in [5.41, 5.74) is 2.00. The van der Waals surface area contributed by atoms with Gasteiger partial charge in [0.25, 0.3) is 12.2 Å². The van der Waals surface area contributed by atoms with E-state index in [2.05, 4.69) is 5.43 Å². The quantitative estimate of drug-likeness (QED) is 0.258. The molecular formula is C7H13FN4OS. The van der Waals surface area contributed by atoms with Crippen molar-refractivity contribution in [2.45, 2.75) is 32.6 Å². The van der Waals surface area contributed by atoms with Crippen molar-refractivity contribution in [1.82, 2.24) is 15.4 Å². The lowest BCUT2D eigenvalue weighted by molar-refractivity contribution is -0.151. The molecule has 1 fully saturated rings. The number of nitrogens with one attached hydrogen (secondary N) is 1. The van der Waals surface area contributed by atoms with E-state index < -0.39 is 17.7 Å². The fourth-order valence-corrected chi connectivity index (χ4v) is 1.23. The lowest BCUT2D eigenvalue weighted by Crippen LogP contribution is -2.70. The van der Waals surface area contributed by atoms with Crippen molar-refractivity contribution in [1.29, 1.82) is 0 Å². The number of alkyl halides is 1. The summed E-state index contributed by atoms with van der Waals surface area (Å²) < 4.78 is 13.5. The number of amides is 1. The van der Waals surface area contributed by atoms with Crippen molar-refractivity contribution < 1.29 is 9.18 Å². The van der Waals surface area contributed by atoms with E-state index in [4.69, 9.17) is 18.1 Å². The number of hydrogen-bond donors (Lipinski definition) is 2. The number of carbonyl (C=O) groups is 1. The second kappa shape index (κ2) is 3.41. The maximum absolute atomic E-state index is 13.5. The van der Waals surface area contributed by atoms with E-state index in [1.165, 1.54) is 0 Å². The molecule has 1 aliphatic rings. The molecule has 1 amide bonds. The SMILES string of the molecule is CC(C)(C)N1NC(=S)N(N)C(=O)C1F. The highest BCUT2D eigenvalue weighted by atomic mass is 32.1. The second-order valence-electron chi connectivity index (χ2n) is 4.00. The topological polar surface area (TPSA) is 61.6 Å². The van der Waals surface area contributed by atoms with Gasteiger partial charge in [-0.3, -0.25) is 10.2 Å². The predicted molar refractivity (Wildman–Crippen MR) is 53.3 cm³/mol. The van der Waals surface area contributed by atoms with Gasteiger partial charge in [0.05, 0.1) is 0 Å². The highest BCUT2D eigenvalue weighted by Crippen LogP contribution is 2.19. The molecule has 0 aromatic rings. The average Bonchev–Trinajstić information content (AvgIpc) is 2.06. The minimum absolute atomic E-state index is 0.00109. The molecule has 0 saturated carbocycles. The van der Waals surface area contributed by atoms with Gasteiger partial charge in [0.15, 0.2) is 0 Å². The Morgan fingerprint density at radius 1 is 1.57 bits per heavy atom. The van der Waals surface area contributed by atoms with E-state index >= 15 is 0 Å². The van der Waals surface area contributed by atoms with Crippen LogP contribution in [0.15, 0.2) is 0 Å². The molecule has 80 valence electrons. The number of rotatable bonds is 0. The summed E-state index contributed by atoms with van der Waals surface area (Å²) in [5.74, 6) is 4.37. The van der Waals surface area contributed by atoms with Gasteiger partial charge in [0, 0.05) is 5.54 Å². The number of nitrogens with zero attached hydrogens (tertiary/aromatic N) is 2. The van der Waals surface area contributed by atoms with Gasteiger partial charge < -0.3 is 0 Å². The molecule has 3 N–H and O–H groups in total. The zero-order chi connectivity index (χ0) is 11.1. The molecule has 1 rings (SSSR count). The average molecular weight is 220 g/mol. The van der Waals surface area contributed by atoms with Gasteiger partial charge in [-0.1, -0.05) is 0 Å². The molecular weight excluding hydrogens is 207 g/mol. The Morgan fingerprint density at radius 2 is 2.07 bits per heavy atom. The smallest absolute Gasteiger partial charge is 0.290 e. The van der Waals surface area contributed by atoms with Crippen LogP contribution in [0.5, 0.6) is 0 Å². The summed E-state index contributed by atoms with van der Waals surface area (Å²) in [5, 5.41) is 1.74. The first kappa shape index (κ1) is 11.3. The maximum atomic E-state index is 13.5. The number of hydrazine groups is 2. The highest BCUT2D eigenvalue weighted by molar-refractivity contribution is 7.80. The summed E-state index contributed by atoms with van der Waals surface area (Å²) in [4.78, 5) is 11.2. The number of thiocarbonyl (C=S) groups is 1. The molecule has 0 spiro atoms. The maximum Gasteiger partial charge on any atom is 0.294 e. The fourth-order valence-electron chi connectivity index (χ4n) is 1.05. The van der Waals surface area contributed by atoms with Crippen molar-refractivity contribution >= 4 is 23.2 Å². The van der Waals surface area contributed by atoms with Crippen LogP contribution in [-0.4, -0.2) is 32.9 Å². The first-order valence-electron chi connectivity index (χ1n) is 4.08. The first-order valence-corrected chi connectivity index (χ1v) is 4.48. The molecule has 1 aliphatic heterocycles. The van der Waals surface area contributed by atoms with Crippen LogP contribution < -0.4 is 11.3 Å². The van der Waals surface area contributed by atoms with Gasteiger partial charge in [-0.2, -0.15) is 5.01 Å². The summed E-state index contributed by atoms with van der Waals surface area (Å²) in [6.07, 6.45) is -1.81. The van der Waals surface area contributed by atoms with Crippen molar-refractivity contribution in [3.8, 4) is 0 Å². The van der Waals surface area contributed by atoms with E-state index in [9.17, 15) is 9.18 Å². The van der Waals surface area contributed by atoms with Crippen LogP contribution in [-0.2, 0) is 4.79 Å². The molecule has 0 aliphatic carbocycles. The van der Waals surface area contributed by atoms with Crippen molar-refractivity contribution in [2.75, 3.05) is 0 Å². The number of hydrogen-bond acceptors (Lipinski definition) is 4. The van der Waals surface area contributed by atoms with E-state index in [0.717, 1.165) is 5.01 Å². The Balaban J connectivity index is 2.92. The van der Waals surface area contributed by atoms with Gasteiger partial charge in [-0.25, -0.2) is 15.2 Å². The first-order chi connectivity index (χ1) is 6.25. The molecule has 14 heavy (non-hydrogen) atoms. The third kappa shape index (κ3) is 1.84. The van der Waals surface area contributed by atoms with Crippen molar-refractivity contribution in [3.05, 3.63) is 0 Å². The third-order valence-corrected chi connectivity index (χ3v) is 2.11. The number of halogens is 1. The highest BCUT2D eigenvalue weighted by Gasteiger charge is 2.41. The lowest BCUT2D eigenvalue weighted by atomic mass is 10.1. The van der Waals surface area contributed by atoms with E-state index in [0.29, 0.717) is 5.01 Å². The standard InChI is InChI=1S/C7H13FN4OS/c1-7(2,3)12-4(8)5(13)11(9)6(14)10-12/h4H,9H2,1-3H3,(H,10,14). The summed E-state index contributed by atoms with van der Waals surface area (Å²) in [6, 6.07) is 0. The Morgan fingerprint density at radius 3 is 2.50 bits per heavy atom. The van der Waals surface area contributed by atoms with Crippen LogP contribution in [0.1, 0.15) is 20.8 Å². The van der Waals surface area contributed by atoms with Crippen LogP contribution in [0.25, 0.3) is 0 Å².